The summed E-state index contributed by atoms with van der Waals surface area (Å²) in [5.74, 6) is -1.48. The Kier molecular flexibility index (Phi) is 3.82. The van der Waals surface area contributed by atoms with E-state index in [-0.39, 0.29) is 25.4 Å². The van der Waals surface area contributed by atoms with Crippen molar-refractivity contribution in [3.8, 4) is 0 Å². The van der Waals surface area contributed by atoms with Gasteiger partial charge in [-0.05, 0) is 31.2 Å². The lowest BCUT2D eigenvalue weighted by Gasteiger charge is -2.54. The van der Waals surface area contributed by atoms with Gasteiger partial charge in [-0.2, -0.15) is 13.2 Å². The number of nitrogens with one attached hydrogen (secondary N) is 1. The van der Waals surface area contributed by atoms with Crippen LogP contribution < -0.4 is 5.32 Å². The Balaban J connectivity index is 1.59. The Morgan fingerprint density at radius 3 is 2.45 bits per heavy atom. The van der Waals surface area contributed by atoms with Gasteiger partial charge in [-0.3, -0.25) is 9.69 Å². The van der Waals surface area contributed by atoms with Crippen LogP contribution in [0.4, 0.5) is 18.0 Å². The minimum absolute atomic E-state index is 0.0128. The molecule has 3 amide bonds. The summed E-state index contributed by atoms with van der Waals surface area (Å²) in [6.07, 6.45) is -1.91. The van der Waals surface area contributed by atoms with Crippen LogP contribution in [-0.4, -0.2) is 60.6 Å². The van der Waals surface area contributed by atoms with Crippen molar-refractivity contribution in [3.05, 3.63) is 0 Å². The number of hydrogen-bond acceptors (Lipinski definition) is 3. The predicted octanol–water partition coefficient (Wildman–Crippen LogP) is 1.59. The zero-order valence-corrected chi connectivity index (χ0v) is 12.3. The van der Waals surface area contributed by atoms with Crippen molar-refractivity contribution in [1.29, 1.82) is 0 Å². The van der Waals surface area contributed by atoms with E-state index in [2.05, 4.69) is 5.32 Å². The average Bonchev–Trinajstić information content (AvgIpc) is 2.72. The molecular formula is C14H20F3N3O2. The SMILES string of the molecule is O=C1CNC(=O)N1CCN1CC[C@H](C(F)(F)F)C2(CCC2)C1. The molecule has 0 bridgehead atoms. The van der Waals surface area contributed by atoms with Gasteiger partial charge in [-0.25, -0.2) is 4.79 Å². The molecule has 2 saturated heterocycles. The van der Waals surface area contributed by atoms with E-state index in [0.717, 1.165) is 11.3 Å². The number of alkyl halides is 3. The highest BCUT2D eigenvalue weighted by Crippen LogP contribution is 2.56. The Morgan fingerprint density at radius 2 is 1.95 bits per heavy atom. The summed E-state index contributed by atoms with van der Waals surface area (Å²) in [6, 6.07) is -0.409. The van der Waals surface area contributed by atoms with Gasteiger partial charge in [0.2, 0.25) is 5.91 Å². The van der Waals surface area contributed by atoms with Crippen molar-refractivity contribution >= 4 is 11.9 Å². The first-order valence-electron chi connectivity index (χ1n) is 7.69. The van der Waals surface area contributed by atoms with Crippen LogP contribution in [0.25, 0.3) is 0 Å². The summed E-state index contributed by atoms with van der Waals surface area (Å²) in [4.78, 5) is 26.1. The second-order valence-electron chi connectivity index (χ2n) is 6.58. The van der Waals surface area contributed by atoms with Crippen molar-refractivity contribution in [2.24, 2.45) is 11.3 Å². The fourth-order valence-electron chi connectivity index (χ4n) is 4.01. The Labute approximate surface area is 126 Å². The van der Waals surface area contributed by atoms with E-state index in [1.54, 1.807) is 0 Å². The Bertz CT molecular complexity index is 460. The van der Waals surface area contributed by atoms with E-state index in [9.17, 15) is 22.8 Å². The molecule has 124 valence electrons. The van der Waals surface area contributed by atoms with Crippen LogP contribution in [0.15, 0.2) is 0 Å². The van der Waals surface area contributed by atoms with Gasteiger partial charge in [0.05, 0.1) is 12.5 Å². The van der Waals surface area contributed by atoms with Gasteiger partial charge in [-0.1, -0.05) is 6.42 Å². The monoisotopic (exact) mass is 319 g/mol. The van der Waals surface area contributed by atoms with Crippen LogP contribution in [0.3, 0.4) is 0 Å². The van der Waals surface area contributed by atoms with E-state index >= 15 is 0 Å². The number of carbonyl (C=O) groups is 2. The van der Waals surface area contributed by atoms with Gasteiger partial charge in [0, 0.05) is 19.6 Å². The molecule has 22 heavy (non-hydrogen) atoms. The molecule has 2 heterocycles. The maximum absolute atomic E-state index is 13.2. The molecule has 0 aromatic heterocycles. The van der Waals surface area contributed by atoms with Gasteiger partial charge in [0.1, 0.15) is 0 Å². The highest BCUT2D eigenvalue weighted by molar-refractivity contribution is 6.01. The summed E-state index contributed by atoms with van der Waals surface area (Å²) < 4.78 is 39.6. The number of halogens is 3. The minimum Gasteiger partial charge on any atom is -0.329 e. The molecular weight excluding hydrogens is 299 g/mol. The van der Waals surface area contributed by atoms with Gasteiger partial charge in [0.25, 0.3) is 0 Å². The zero-order valence-electron chi connectivity index (χ0n) is 12.3. The van der Waals surface area contributed by atoms with Crippen LogP contribution in [0.5, 0.6) is 0 Å². The van der Waals surface area contributed by atoms with Crippen molar-refractivity contribution in [2.45, 2.75) is 31.9 Å². The van der Waals surface area contributed by atoms with Crippen LogP contribution in [0.2, 0.25) is 0 Å². The fourth-order valence-corrected chi connectivity index (χ4v) is 4.01. The van der Waals surface area contributed by atoms with Crippen molar-refractivity contribution in [2.75, 3.05) is 32.7 Å². The standard InChI is InChI=1S/C14H20F3N3O2/c15-14(16,17)10-2-5-19(9-13(10)3-1-4-13)6-7-20-11(21)8-18-12(20)22/h10H,1-9H2,(H,18,22)/t10-/m0/s1. The molecule has 0 radical (unpaired) electrons. The number of nitrogens with zero attached hydrogens (tertiary/aromatic N) is 2. The number of urea groups is 1. The highest BCUT2D eigenvalue weighted by Gasteiger charge is 2.57. The van der Waals surface area contributed by atoms with Gasteiger partial charge < -0.3 is 10.2 Å². The summed E-state index contributed by atoms with van der Waals surface area (Å²) in [7, 11) is 0. The molecule has 3 rings (SSSR count). The normalized spacial score (nSPS) is 28.9. The van der Waals surface area contributed by atoms with Gasteiger partial charge in [0.15, 0.2) is 0 Å². The molecule has 2 aliphatic heterocycles. The number of piperidine rings is 1. The Hall–Kier alpha value is -1.31. The topological polar surface area (TPSA) is 52.7 Å². The third-order valence-electron chi connectivity index (χ3n) is 5.33. The third-order valence-corrected chi connectivity index (χ3v) is 5.33. The van der Waals surface area contributed by atoms with Crippen molar-refractivity contribution < 1.29 is 22.8 Å². The molecule has 8 heteroatoms. The lowest BCUT2D eigenvalue weighted by Crippen LogP contribution is -2.57. The quantitative estimate of drug-likeness (QED) is 0.804. The molecule has 1 N–H and O–H groups in total. The number of rotatable bonds is 3. The van der Waals surface area contributed by atoms with Crippen molar-refractivity contribution in [3.63, 3.8) is 0 Å². The number of imide groups is 1. The third kappa shape index (κ3) is 2.68. The molecule has 3 fully saturated rings. The molecule has 1 saturated carbocycles. The van der Waals surface area contributed by atoms with E-state index < -0.39 is 23.5 Å². The largest absolute Gasteiger partial charge is 0.392 e. The molecule has 1 atom stereocenters. The van der Waals surface area contributed by atoms with Crippen LogP contribution in [0.1, 0.15) is 25.7 Å². The highest BCUT2D eigenvalue weighted by atomic mass is 19.4. The molecule has 5 nitrogen and oxygen atoms in total. The maximum Gasteiger partial charge on any atom is 0.392 e. The van der Waals surface area contributed by atoms with Crippen LogP contribution >= 0.6 is 0 Å². The van der Waals surface area contributed by atoms with Crippen molar-refractivity contribution in [1.82, 2.24) is 15.1 Å². The van der Waals surface area contributed by atoms with E-state index in [1.807, 2.05) is 4.90 Å². The lowest BCUT2D eigenvalue weighted by molar-refractivity contribution is -0.237. The molecule has 3 aliphatic rings. The zero-order chi connectivity index (χ0) is 16.0. The average molecular weight is 319 g/mol. The number of likely N-dealkylation sites (tertiary alicyclic amines) is 1. The first-order chi connectivity index (χ1) is 10.3. The van der Waals surface area contributed by atoms with Gasteiger partial charge in [-0.15, -0.1) is 0 Å². The molecule has 0 aromatic carbocycles. The van der Waals surface area contributed by atoms with E-state index in [0.29, 0.717) is 32.5 Å². The smallest absolute Gasteiger partial charge is 0.329 e. The number of carbonyl (C=O) groups excluding carboxylic acids is 2. The lowest BCUT2D eigenvalue weighted by atomic mass is 9.58. The first-order valence-corrected chi connectivity index (χ1v) is 7.69. The number of hydrogen-bond donors (Lipinski definition) is 1. The first kappa shape index (κ1) is 15.6. The van der Waals surface area contributed by atoms with E-state index in [4.69, 9.17) is 0 Å². The predicted molar refractivity (Wildman–Crippen MR) is 72.0 cm³/mol. The minimum atomic E-state index is -4.13. The maximum atomic E-state index is 13.2. The molecule has 1 spiro atoms. The summed E-state index contributed by atoms with van der Waals surface area (Å²) >= 11 is 0. The van der Waals surface area contributed by atoms with Gasteiger partial charge >= 0.3 is 12.2 Å². The summed E-state index contributed by atoms with van der Waals surface area (Å²) in [5.41, 5.74) is -0.645. The summed E-state index contributed by atoms with van der Waals surface area (Å²) in [6.45, 7) is 1.50. The second kappa shape index (κ2) is 5.40. The molecule has 0 aromatic rings. The molecule has 1 aliphatic carbocycles. The fraction of sp³-hybridized carbons (Fsp3) is 0.857. The number of amides is 3. The molecule has 0 unspecified atom stereocenters. The van der Waals surface area contributed by atoms with Crippen LogP contribution in [0, 0.1) is 11.3 Å². The summed E-state index contributed by atoms with van der Waals surface area (Å²) in [5, 5.41) is 2.44. The second-order valence-corrected chi connectivity index (χ2v) is 6.58. The Morgan fingerprint density at radius 1 is 1.23 bits per heavy atom. The van der Waals surface area contributed by atoms with E-state index in [1.165, 1.54) is 0 Å². The van der Waals surface area contributed by atoms with Crippen LogP contribution in [-0.2, 0) is 4.79 Å².